The van der Waals surface area contributed by atoms with Gasteiger partial charge in [-0.25, -0.2) is 8.42 Å². The predicted octanol–water partition coefficient (Wildman–Crippen LogP) is 4.06. The fourth-order valence-corrected chi connectivity index (χ4v) is 4.55. The van der Waals surface area contributed by atoms with Crippen molar-refractivity contribution in [1.82, 2.24) is 5.32 Å². The number of hydrogen-bond donors (Lipinski definition) is 1. The highest BCUT2D eigenvalue weighted by Crippen LogP contribution is 2.25. The summed E-state index contributed by atoms with van der Waals surface area (Å²) < 4.78 is 31.4. The number of sulfonamides is 1. The third-order valence-electron chi connectivity index (χ3n) is 4.92. The lowest BCUT2D eigenvalue weighted by molar-refractivity contribution is -0.122. The number of benzene rings is 2. The lowest BCUT2D eigenvalue weighted by Crippen LogP contribution is -2.48. The van der Waals surface area contributed by atoms with Crippen molar-refractivity contribution >= 4 is 21.6 Å². The maximum absolute atomic E-state index is 13.1. The molecule has 30 heavy (non-hydrogen) atoms. The van der Waals surface area contributed by atoms with Gasteiger partial charge in [0, 0.05) is 0 Å². The SMILES string of the molecule is COc1ccc(C(CC(C)C)NC(=O)C(C)N(c2ccc(C)cc2)S(C)(=O)=O)cc1. The Labute approximate surface area is 180 Å². The standard InChI is InChI=1S/C23H32N2O4S/c1-16(2)15-22(19-9-13-21(29-5)14-10-19)24-23(26)18(4)25(30(6,27)28)20-11-7-17(3)8-12-20/h7-14,16,18,22H,15H2,1-6H3,(H,24,26). The average Bonchev–Trinajstić information content (AvgIpc) is 2.67. The molecule has 0 aliphatic rings. The van der Waals surface area contributed by atoms with Crippen LogP contribution in [-0.2, 0) is 14.8 Å². The van der Waals surface area contributed by atoms with Crippen LogP contribution in [0.1, 0.15) is 44.4 Å². The molecule has 0 fully saturated rings. The maximum atomic E-state index is 13.1. The molecular weight excluding hydrogens is 400 g/mol. The van der Waals surface area contributed by atoms with Crippen LogP contribution in [0.4, 0.5) is 5.69 Å². The van der Waals surface area contributed by atoms with Crippen LogP contribution in [0.5, 0.6) is 5.75 Å². The third-order valence-corrected chi connectivity index (χ3v) is 6.16. The normalized spacial score (nSPS) is 13.6. The Bertz CT molecular complexity index is 938. The molecule has 0 heterocycles. The van der Waals surface area contributed by atoms with Crippen LogP contribution in [0.15, 0.2) is 48.5 Å². The molecule has 0 aromatic heterocycles. The van der Waals surface area contributed by atoms with Crippen molar-refractivity contribution in [3.8, 4) is 5.75 Å². The van der Waals surface area contributed by atoms with E-state index in [1.54, 1.807) is 26.2 Å². The number of nitrogens with one attached hydrogen (secondary N) is 1. The van der Waals surface area contributed by atoms with Gasteiger partial charge in [0.1, 0.15) is 11.8 Å². The number of aryl methyl sites for hydroxylation is 1. The zero-order valence-electron chi connectivity index (χ0n) is 18.5. The van der Waals surface area contributed by atoms with E-state index in [2.05, 4.69) is 19.2 Å². The summed E-state index contributed by atoms with van der Waals surface area (Å²) in [6.45, 7) is 7.70. The second-order valence-corrected chi connectivity index (χ2v) is 9.89. The molecule has 0 saturated carbocycles. The Kier molecular flexibility index (Phi) is 7.89. The lowest BCUT2D eigenvalue weighted by Gasteiger charge is -2.30. The summed E-state index contributed by atoms with van der Waals surface area (Å²) in [4.78, 5) is 13.1. The van der Waals surface area contributed by atoms with Gasteiger partial charge in [-0.3, -0.25) is 9.10 Å². The molecule has 1 amide bonds. The molecule has 2 rings (SSSR count). The molecule has 0 spiro atoms. The molecule has 2 unspecified atom stereocenters. The van der Waals surface area contributed by atoms with E-state index in [-0.39, 0.29) is 11.9 Å². The summed E-state index contributed by atoms with van der Waals surface area (Å²) in [5.74, 6) is 0.739. The molecule has 2 atom stereocenters. The first-order valence-electron chi connectivity index (χ1n) is 10.0. The highest BCUT2D eigenvalue weighted by atomic mass is 32.2. The number of hydrogen-bond acceptors (Lipinski definition) is 4. The first kappa shape index (κ1) is 23.7. The van der Waals surface area contributed by atoms with Crippen LogP contribution in [0, 0.1) is 12.8 Å². The number of carbonyl (C=O) groups excluding carboxylic acids is 1. The Morgan fingerprint density at radius 2 is 1.60 bits per heavy atom. The topological polar surface area (TPSA) is 75.7 Å². The molecule has 164 valence electrons. The lowest BCUT2D eigenvalue weighted by atomic mass is 9.96. The van der Waals surface area contributed by atoms with Crippen LogP contribution in [0.25, 0.3) is 0 Å². The highest BCUT2D eigenvalue weighted by molar-refractivity contribution is 7.92. The predicted molar refractivity (Wildman–Crippen MR) is 121 cm³/mol. The van der Waals surface area contributed by atoms with E-state index in [0.29, 0.717) is 11.6 Å². The van der Waals surface area contributed by atoms with E-state index in [1.165, 1.54) is 4.31 Å². The van der Waals surface area contributed by atoms with Crippen LogP contribution in [0.3, 0.4) is 0 Å². The fourth-order valence-electron chi connectivity index (χ4n) is 3.38. The number of amides is 1. The highest BCUT2D eigenvalue weighted by Gasteiger charge is 2.30. The number of rotatable bonds is 9. The minimum atomic E-state index is -3.65. The summed E-state index contributed by atoms with van der Waals surface area (Å²) in [5.41, 5.74) is 2.43. The van der Waals surface area contributed by atoms with Gasteiger partial charge in [0.05, 0.1) is 25.1 Å². The largest absolute Gasteiger partial charge is 0.497 e. The Morgan fingerprint density at radius 1 is 1.03 bits per heavy atom. The summed E-state index contributed by atoms with van der Waals surface area (Å²) in [7, 11) is -2.05. The van der Waals surface area contributed by atoms with Crippen molar-refractivity contribution in [2.45, 2.75) is 46.2 Å². The van der Waals surface area contributed by atoms with Gasteiger partial charge in [0.2, 0.25) is 15.9 Å². The van der Waals surface area contributed by atoms with Crippen molar-refractivity contribution in [1.29, 1.82) is 0 Å². The monoisotopic (exact) mass is 432 g/mol. The smallest absolute Gasteiger partial charge is 0.244 e. The number of carbonyl (C=O) groups is 1. The molecular formula is C23H32N2O4S. The third kappa shape index (κ3) is 6.23. The quantitative estimate of drug-likeness (QED) is 0.648. The van der Waals surface area contributed by atoms with Crippen LogP contribution in [-0.4, -0.2) is 33.7 Å². The first-order valence-corrected chi connectivity index (χ1v) is 11.9. The van der Waals surface area contributed by atoms with E-state index >= 15 is 0 Å². The van der Waals surface area contributed by atoms with Gasteiger partial charge in [-0.1, -0.05) is 43.7 Å². The van der Waals surface area contributed by atoms with Gasteiger partial charge in [-0.15, -0.1) is 0 Å². The van der Waals surface area contributed by atoms with Gasteiger partial charge in [0.15, 0.2) is 0 Å². The van der Waals surface area contributed by atoms with Crippen LogP contribution in [0.2, 0.25) is 0 Å². The van der Waals surface area contributed by atoms with E-state index in [9.17, 15) is 13.2 Å². The number of ether oxygens (including phenoxy) is 1. The Balaban J connectivity index is 2.30. The second kappa shape index (κ2) is 9.98. The Hall–Kier alpha value is -2.54. The van der Waals surface area contributed by atoms with E-state index in [1.807, 2.05) is 43.3 Å². The number of nitrogens with zero attached hydrogens (tertiary/aromatic N) is 1. The first-order chi connectivity index (χ1) is 14.0. The molecule has 2 aromatic rings. The molecule has 0 aliphatic carbocycles. The zero-order chi connectivity index (χ0) is 22.5. The average molecular weight is 433 g/mol. The minimum Gasteiger partial charge on any atom is -0.497 e. The molecule has 0 bridgehead atoms. The summed E-state index contributed by atoms with van der Waals surface area (Å²) in [6.07, 6.45) is 1.85. The van der Waals surface area contributed by atoms with Crippen molar-refractivity contribution in [2.75, 3.05) is 17.7 Å². The number of methoxy groups -OCH3 is 1. The van der Waals surface area contributed by atoms with E-state index in [0.717, 1.165) is 29.6 Å². The number of anilines is 1. The molecule has 2 aromatic carbocycles. The second-order valence-electron chi connectivity index (χ2n) is 8.03. The van der Waals surface area contributed by atoms with Gasteiger partial charge in [-0.05, 0) is 56.0 Å². The van der Waals surface area contributed by atoms with E-state index in [4.69, 9.17) is 4.74 Å². The summed E-state index contributed by atoms with van der Waals surface area (Å²) in [5, 5.41) is 3.05. The molecule has 1 N–H and O–H groups in total. The zero-order valence-corrected chi connectivity index (χ0v) is 19.4. The maximum Gasteiger partial charge on any atom is 0.244 e. The van der Waals surface area contributed by atoms with Gasteiger partial charge < -0.3 is 10.1 Å². The van der Waals surface area contributed by atoms with Crippen LogP contribution < -0.4 is 14.4 Å². The molecule has 7 heteroatoms. The molecule has 0 radical (unpaired) electrons. The fraction of sp³-hybridized carbons (Fsp3) is 0.435. The minimum absolute atomic E-state index is 0.231. The van der Waals surface area contributed by atoms with Crippen LogP contribution >= 0.6 is 0 Å². The van der Waals surface area contributed by atoms with Crippen molar-refractivity contribution < 1.29 is 17.9 Å². The molecule has 0 saturated heterocycles. The molecule has 6 nitrogen and oxygen atoms in total. The molecule has 0 aliphatic heterocycles. The van der Waals surface area contributed by atoms with Gasteiger partial charge in [-0.2, -0.15) is 0 Å². The summed E-state index contributed by atoms with van der Waals surface area (Å²) in [6, 6.07) is 13.5. The summed E-state index contributed by atoms with van der Waals surface area (Å²) >= 11 is 0. The van der Waals surface area contributed by atoms with Crippen molar-refractivity contribution in [2.24, 2.45) is 5.92 Å². The van der Waals surface area contributed by atoms with Gasteiger partial charge in [0.25, 0.3) is 0 Å². The Morgan fingerprint density at radius 3 is 2.07 bits per heavy atom. The van der Waals surface area contributed by atoms with E-state index < -0.39 is 16.1 Å². The van der Waals surface area contributed by atoms with Gasteiger partial charge >= 0.3 is 0 Å². The van der Waals surface area contributed by atoms with Crippen molar-refractivity contribution in [3.05, 3.63) is 59.7 Å². The van der Waals surface area contributed by atoms with Crippen molar-refractivity contribution in [3.63, 3.8) is 0 Å².